The third-order valence-corrected chi connectivity index (χ3v) is 4.52. The number of nitrogens with zero attached hydrogens (tertiary/aromatic N) is 2. The van der Waals surface area contributed by atoms with Crippen molar-refractivity contribution >= 4 is 33.9 Å². The van der Waals surface area contributed by atoms with E-state index in [0.717, 1.165) is 27.8 Å². The predicted octanol–water partition coefficient (Wildman–Crippen LogP) is 4.43. The Hall–Kier alpha value is -2.79. The van der Waals surface area contributed by atoms with E-state index in [4.69, 9.17) is 10.5 Å². The van der Waals surface area contributed by atoms with Crippen LogP contribution in [0.2, 0.25) is 0 Å². The molecule has 0 spiro atoms. The second-order valence-electron chi connectivity index (χ2n) is 5.43. The predicted molar refractivity (Wildman–Crippen MR) is 107 cm³/mol. The Kier molecular flexibility index (Phi) is 5.69. The van der Waals surface area contributed by atoms with E-state index in [1.54, 1.807) is 13.3 Å². The standard InChI is InChI=1S/C20H19N3OS/c1-24-19-10-9-17-11-16(7-8-18(17)12-19)13-22-23-20(21)25-14-15-5-3-2-4-6-15/h2-13H,14H2,1H3,(H2,21,23). The summed E-state index contributed by atoms with van der Waals surface area (Å²) in [5, 5.41) is 10.8. The lowest BCUT2D eigenvalue weighted by Gasteiger charge is -2.03. The molecule has 2 N–H and O–H groups in total. The average Bonchev–Trinajstić information content (AvgIpc) is 2.66. The molecule has 0 bridgehead atoms. The Labute approximate surface area is 151 Å². The number of methoxy groups -OCH3 is 1. The molecule has 3 aromatic carbocycles. The molecule has 25 heavy (non-hydrogen) atoms. The van der Waals surface area contributed by atoms with Crippen molar-refractivity contribution in [3.63, 3.8) is 0 Å². The first-order valence-corrected chi connectivity index (χ1v) is 8.84. The van der Waals surface area contributed by atoms with Gasteiger partial charge in [0.05, 0.1) is 13.3 Å². The molecule has 0 saturated heterocycles. The molecule has 0 unspecified atom stereocenters. The second-order valence-corrected chi connectivity index (χ2v) is 6.43. The first kappa shape index (κ1) is 17.0. The van der Waals surface area contributed by atoms with Gasteiger partial charge in [-0.2, -0.15) is 5.10 Å². The summed E-state index contributed by atoms with van der Waals surface area (Å²) in [5.74, 6) is 1.63. The Morgan fingerprint density at radius 1 is 1.04 bits per heavy atom. The fraction of sp³-hybridized carbons (Fsp3) is 0.100. The topological polar surface area (TPSA) is 60.0 Å². The van der Waals surface area contributed by atoms with Gasteiger partial charge in [0.1, 0.15) is 5.75 Å². The van der Waals surface area contributed by atoms with Gasteiger partial charge in [-0.25, -0.2) is 0 Å². The zero-order chi connectivity index (χ0) is 17.5. The van der Waals surface area contributed by atoms with E-state index in [2.05, 4.69) is 28.4 Å². The molecule has 0 fully saturated rings. The summed E-state index contributed by atoms with van der Waals surface area (Å²) in [4.78, 5) is 0. The summed E-state index contributed by atoms with van der Waals surface area (Å²) in [5.41, 5.74) is 8.08. The maximum absolute atomic E-state index is 5.89. The highest BCUT2D eigenvalue weighted by Gasteiger charge is 1.98. The molecular weight excluding hydrogens is 330 g/mol. The summed E-state index contributed by atoms with van der Waals surface area (Å²) in [7, 11) is 1.67. The SMILES string of the molecule is COc1ccc2cc(C=NN=C(N)SCc3ccccc3)ccc2c1. The summed E-state index contributed by atoms with van der Waals surface area (Å²) in [6.45, 7) is 0. The second kappa shape index (κ2) is 8.35. The van der Waals surface area contributed by atoms with Gasteiger partial charge in [-0.3, -0.25) is 0 Å². The molecule has 3 aromatic rings. The summed E-state index contributed by atoms with van der Waals surface area (Å²) >= 11 is 1.47. The zero-order valence-corrected chi connectivity index (χ0v) is 14.7. The molecule has 0 heterocycles. The number of rotatable bonds is 5. The van der Waals surface area contributed by atoms with Crippen LogP contribution in [0.4, 0.5) is 0 Å². The maximum atomic E-state index is 5.89. The minimum atomic E-state index is 0.450. The van der Waals surface area contributed by atoms with Gasteiger partial charge >= 0.3 is 0 Å². The number of hydrogen-bond donors (Lipinski definition) is 1. The Morgan fingerprint density at radius 3 is 2.60 bits per heavy atom. The van der Waals surface area contributed by atoms with E-state index in [9.17, 15) is 0 Å². The van der Waals surface area contributed by atoms with Gasteiger partial charge in [-0.05, 0) is 40.1 Å². The van der Waals surface area contributed by atoms with Crippen LogP contribution in [-0.2, 0) is 5.75 Å². The Bertz CT molecular complexity index is 907. The third-order valence-electron chi connectivity index (χ3n) is 3.66. The molecule has 0 aliphatic rings. The normalized spacial score (nSPS) is 12.0. The van der Waals surface area contributed by atoms with Crippen LogP contribution < -0.4 is 10.5 Å². The van der Waals surface area contributed by atoms with Gasteiger partial charge < -0.3 is 10.5 Å². The van der Waals surface area contributed by atoms with Crippen molar-refractivity contribution in [1.82, 2.24) is 0 Å². The Balaban J connectivity index is 1.63. The molecule has 3 rings (SSSR count). The summed E-state index contributed by atoms with van der Waals surface area (Å²) in [6.07, 6.45) is 1.71. The quantitative estimate of drug-likeness (QED) is 0.421. The third kappa shape index (κ3) is 4.84. The lowest BCUT2D eigenvalue weighted by atomic mass is 10.1. The fourth-order valence-corrected chi connectivity index (χ4v) is 2.97. The van der Waals surface area contributed by atoms with Gasteiger partial charge in [-0.1, -0.05) is 60.3 Å². The lowest BCUT2D eigenvalue weighted by molar-refractivity contribution is 0.415. The van der Waals surface area contributed by atoms with Crippen LogP contribution in [0.25, 0.3) is 10.8 Å². The van der Waals surface area contributed by atoms with Crippen LogP contribution in [-0.4, -0.2) is 18.5 Å². The highest BCUT2D eigenvalue weighted by Crippen LogP contribution is 2.21. The minimum absolute atomic E-state index is 0.450. The number of benzene rings is 3. The van der Waals surface area contributed by atoms with E-state index >= 15 is 0 Å². The van der Waals surface area contributed by atoms with Crippen molar-refractivity contribution in [2.45, 2.75) is 5.75 Å². The summed E-state index contributed by atoms with van der Waals surface area (Å²) in [6, 6.07) is 22.2. The van der Waals surface area contributed by atoms with Crippen molar-refractivity contribution in [3.05, 3.63) is 77.9 Å². The molecule has 0 amide bonds. The molecule has 126 valence electrons. The van der Waals surface area contributed by atoms with E-state index in [0.29, 0.717) is 5.17 Å². The van der Waals surface area contributed by atoms with E-state index < -0.39 is 0 Å². The monoisotopic (exact) mass is 349 g/mol. The molecule has 0 aliphatic carbocycles. The van der Waals surface area contributed by atoms with Gasteiger partial charge in [-0.15, -0.1) is 5.10 Å². The number of thioether (sulfide) groups is 1. The van der Waals surface area contributed by atoms with Crippen molar-refractivity contribution in [3.8, 4) is 5.75 Å². The fourth-order valence-electron chi connectivity index (χ4n) is 2.36. The van der Waals surface area contributed by atoms with Gasteiger partial charge in [0.25, 0.3) is 0 Å². The van der Waals surface area contributed by atoms with Crippen LogP contribution in [0.15, 0.2) is 76.9 Å². The van der Waals surface area contributed by atoms with E-state index in [1.807, 2.05) is 48.5 Å². The van der Waals surface area contributed by atoms with Gasteiger partial charge in [0.15, 0.2) is 5.17 Å². The molecule has 0 aliphatic heterocycles. The number of hydrogen-bond acceptors (Lipinski definition) is 4. The number of amidine groups is 1. The van der Waals surface area contributed by atoms with Crippen molar-refractivity contribution in [2.24, 2.45) is 15.9 Å². The smallest absolute Gasteiger partial charge is 0.180 e. The first-order chi connectivity index (χ1) is 12.2. The highest BCUT2D eigenvalue weighted by molar-refractivity contribution is 8.13. The van der Waals surface area contributed by atoms with Crippen LogP contribution in [0, 0.1) is 0 Å². The van der Waals surface area contributed by atoms with E-state index in [1.165, 1.54) is 17.3 Å². The molecular formula is C20H19N3OS. The highest BCUT2D eigenvalue weighted by atomic mass is 32.2. The minimum Gasteiger partial charge on any atom is -0.497 e. The van der Waals surface area contributed by atoms with Gasteiger partial charge in [0.2, 0.25) is 0 Å². The number of nitrogens with two attached hydrogens (primary N) is 1. The molecule has 0 atom stereocenters. The zero-order valence-electron chi connectivity index (χ0n) is 13.9. The molecule has 0 aromatic heterocycles. The first-order valence-electron chi connectivity index (χ1n) is 7.85. The number of fused-ring (bicyclic) bond motifs is 1. The van der Waals surface area contributed by atoms with Gasteiger partial charge in [0, 0.05) is 5.75 Å². The van der Waals surface area contributed by atoms with Crippen LogP contribution in [0.5, 0.6) is 5.75 Å². The van der Waals surface area contributed by atoms with Crippen LogP contribution in [0.1, 0.15) is 11.1 Å². The molecule has 4 nitrogen and oxygen atoms in total. The maximum Gasteiger partial charge on any atom is 0.180 e. The number of ether oxygens (including phenoxy) is 1. The largest absolute Gasteiger partial charge is 0.497 e. The molecule has 0 radical (unpaired) electrons. The van der Waals surface area contributed by atoms with Crippen molar-refractivity contribution in [2.75, 3.05) is 7.11 Å². The van der Waals surface area contributed by atoms with Crippen molar-refractivity contribution in [1.29, 1.82) is 0 Å². The summed E-state index contributed by atoms with van der Waals surface area (Å²) < 4.78 is 5.24. The lowest BCUT2D eigenvalue weighted by Crippen LogP contribution is -2.05. The Morgan fingerprint density at radius 2 is 1.80 bits per heavy atom. The molecule has 0 saturated carbocycles. The van der Waals surface area contributed by atoms with Crippen LogP contribution >= 0.6 is 11.8 Å². The van der Waals surface area contributed by atoms with Crippen LogP contribution in [0.3, 0.4) is 0 Å². The van der Waals surface area contributed by atoms with E-state index in [-0.39, 0.29) is 0 Å². The van der Waals surface area contributed by atoms with Crippen molar-refractivity contribution < 1.29 is 4.74 Å². The molecule has 5 heteroatoms. The average molecular weight is 349 g/mol.